The first-order valence-corrected chi connectivity index (χ1v) is 7.52. The Balaban J connectivity index is 2.55. The molecule has 1 rings (SSSR count). The van der Waals surface area contributed by atoms with Gasteiger partial charge in [0.1, 0.15) is 0 Å². The summed E-state index contributed by atoms with van der Waals surface area (Å²) >= 11 is 0. The number of nitrogens with one attached hydrogen (secondary N) is 2. The minimum absolute atomic E-state index is 0.0358. The number of ether oxygens (including phenoxy) is 1. The lowest BCUT2D eigenvalue weighted by atomic mass is 10.4. The van der Waals surface area contributed by atoms with Crippen molar-refractivity contribution in [1.82, 2.24) is 10.3 Å². The molecule has 1 aromatic rings. The van der Waals surface area contributed by atoms with Crippen LogP contribution in [0.15, 0.2) is 18.3 Å². The zero-order chi connectivity index (χ0) is 13.4. The summed E-state index contributed by atoms with van der Waals surface area (Å²) < 4.78 is 31.0. The molecule has 0 aromatic carbocycles. The van der Waals surface area contributed by atoms with E-state index in [1.807, 2.05) is 13.8 Å². The van der Waals surface area contributed by atoms with Crippen molar-refractivity contribution in [3.8, 4) is 5.88 Å². The Labute approximate surface area is 108 Å². The van der Waals surface area contributed by atoms with Crippen LogP contribution in [0.2, 0.25) is 0 Å². The molecule has 6 nitrogen and oxygen atoms in total. The Kier molecular flexibility index (Phi) is 5.87. The van der Waals surface area contributed by atoms with Crippen LogP contribution in [-0.2, 0) is 10.0 Å². The third-order valence-corrected chi connectivity index (χ3v) is 3.39. The van der Waals surface area contributed by atoms with Gasteiger partial charge in [-0.25, -0.2) is 13.4 Å². The van der Waals surface area contributed by atoms with Gasteiger partial charge in [-0.2, -0.15) is 0 Å². The first kappa shape index (κ1) is 14.7. The third-order valence-electron chi connectivity index (χ3n) is 2.10. The molecule has 0 unspecified atom stereocenters. The van der Waals surface area contributed by atoms with Crippen molar-refractivity contribution in [3.05, 3.63) is 18.3 Å². The molecule has 102 valence electrons. The van der Waals surface area contributed by atoms with E-state index in [0.29, 0.717) is 24.7 Å². The number of aromatic nitrogens is 1. The molecule has 0 atom stereocenters. The average molecular weight is 273 g/mol. The molecule has 1 aromatic heterocycles. The molecule has 0 amide bonds. The monoisotopic (exact) mass is 273 g/mol. The van der Waals surface area contributed by atoms with Crippen LogP contribution in [-0.4, -0.2) is 38.9 Å². The summed E-state index contributed by atoms with van der Waals surface area (Å²) in [5, 5.41) is 2.96. The topological polar surface area (TPSA) is 80.3 Å². The van der Waals surface area contributed by atoms with Crippen molar-refractivity contribution in [2.24, 2.45) is 0 Å². The van der Waals surface area contributed by atoms with Crippen LogP contribution in [0.5, 0.6) is 5.88 Å². The maximum Gasteiger partial charge on any atom is 0.234 e. The minimum Gasteiger partial charge on any atom is -0.478 e. The van der Waals surface area contributed by atoms with Crippen molar-refractivity contribution in [2.75, 3.05) is 30.2 Å². The number of hydrogen-bond donors (Lipinski definition) is 2. The Morgan fingerprint density at radius 2 is 2.11 bits per heavy atom. The molecule has 0 fully saturated rings. The van der Waals surface area contributed by atoms with Crippen LogP contribution >= 0.6 is 0 Å². The molecule has 1 heterocycles. The van der Waals surface area contributed by atoms with Crippen LogP contribution in [0, 0.1) is 0 Å². The first-order chi connectivity index (χ1) is 8.57. The summed E-state index contributed by atoms with van der Waals surface area (Å²) in [6, 6.07) is 3.26. The van der Waals surface area contributed by atoms with E-state index in [4.69, 9.17) is 4.74 Å². The smallest absolute Gasteiger partial charge is 0.234 e. The van der Waals surface area contributed by atoms with Crippen molar-refractivity contribution in [2.45, 2.75) is 13.8 Å². The van der Waals surface area contributed by atoms with Gasteiger partial charge in [-0.15, -0.1) is 0 Å². The second kappa shape index (κ2) is 7.17. The molecular formula is C11H19N3O3S. The van der Waals surface area contributed by atoms with Gasteiger partial charge in [0.25, 0.3) is 0 Å². The SMILES string of the molecule is CCNCCS(=O)(=O)Nc1ccc(OCC)nc1. The summed E-state index contributed by atoms with van der Waals surface area (Å²) in [5.41, 5.74) is 0.440. The lowest BCUT2D eigenvalue weighted by Crippen LogP contribution is -2.26. The fourth-order valence-electron chi connectivity index (χ4n) is 1.29. The van der Waals surface area contributed by atoms with Gasteiger partial charge in [0.2, 0.25) is 15.9 Å². The predicted octanol–water partition coefficient (Wildman–Crippen LogP) is 0.831. The standard InChI is InChI=1S/C11H19N3O3S/c1-3-12-7-8-18(15,16)14-10-5-6-11(13-9-10)17-4-2/h5-6,9,12,14H,3-4,7-8H2,1-2H3. The Morgan fingerprint density at radius 3 is 2.67 bits per heavy atom. The fraction of sp³-hybridized carbons (Fsp3) is 0.545. The Morgan fingerprint density at radius 1 is 1.33 bits per heavy atom. The summed E-state index contributed by atoms with van der Waals surface area (Å²) in [5.74, 6) is 0.515. The zero-order valence-corrected chi connectivity index (χ0v) is 11.5. The highest BCUT2D eigenvalue weighted by Crippen LogP contribution is 2.12. The highest BCUT2D eigenvalue weighted by atomic mass is 32.2. The normalized spacial score (nSPS) is 11.2. The van der Waals surface area contributed by atoms with E-state index in [2.05, 4.69) is 15.0 Å². The largest absolute Gasteiger partial charge is 0.478 e. The van der Waals surface area contributed by atoms with Crippen LogP contribution in [0.25, 0.3) is 0 Å². The number of nitrogens with zero attached hydrogens (tertiary/aromatic N) is 1. The lowest BCUT2D eigenvalue weighted by molar-refractivity contribution is 0.327. The molecule has 0 aliphatic carbocycles. The van der Waals surface area contributed by atoms with Gasteiger partial charge in [-0.1, -0.05) is 6.92 Å². The predicted molar refractivity (Wildman–Crippen MR) is 71.4 cm³/mol. The molecule has 18 heavy (non-hydrogen) atoms. The molecule has 0 saturated heterocycles. The van der Waals surface area contributed by atoms with E-state index >= 15 is 0 Å². The van der Waals surface area contributed by atoms with Crippen LogP contribution in [0.3, 0.4) is 0 Å². The number of anilines is 1. The molecule has 0 saturated carbocycles. The van der Waals surface area contributed by atoms with E-state index in [9.17, 15) is 8.42 Å². The van der Waals surface area contributed by atoms with E-state index in [-0.39, 0.29) is 5.75 Å². The van der Waals surface area contributed by atoms with Crippen LogP contribution in [0.1, 0.15) is 13.8 Å². The molecule has 0 spiro atoms. The number of rotatable bonds is 8. The van der Waals surface area contributed by atoms with Gasteiger partial charge in [-0.05, 0) is 19.5 Å². The van der Waals surface area contributed by atoms with Crippen molar-refractivity contribution in [3.63, 3.8) is 0 Å². The first-order valence-electron chi connectivity index (χ1n) is 5.87. The molecule has 0 radical (unpaired) electrons. The van der Waals surface area contributed by atoms with Gasteiger partial charge >= 0.3 is 0 Å². The summed E-state index contributed by atoms with van der Waals surface area (Å²) in [6.07, 6.45) is 1.44. The second-order valence-electron chi connectivity index (χ2n) is 3.59. The maximum atomic E-state index is 11.7. The highest BCUT2D eigenvalue weighted by molar-refractivity contribution is 7.92. The third kappa shape index (κ3) is 5.33. The van der Waals surface area contributed by atoms with Crippen LogP contribution in [0.4, 0.5) is 5.69 Å². The van der Waals surface area contributed by atoms with E-state index in [0.717, 1.165) is 6.54 Å². The van der Waals surface area contributed by atoms with E-state index < -0.39 is 10.0 Å². The minimum atomic E-state index is -3.33. The second-order valence-corrected chi connectivity index (χ2v) is 5.43. The molecule has 2 N–H and O–H groups in total. The van der Waals surface area contributed by atoms with E-state index in [1.165, 1.54) is 6.20 Å². The molecule has 7 heteroatoms. The van der Waals surface area contributed by atoms with Crippen molar-refractivity contribution >= 4 is 15.7 Å². The van der Waals surface area contributed by atoms with E-state index in [1.54, 1.807) is 12.1 Å². The molecule has 0 aliphatic heterocycles. The van der Waals surface area contributed by atoms with Gasteiger partial charge in [0.15, 0.2) is 0 Å². The maximum absolute atomic E-state index is 11.7. The molecule has 0 bridgehead atoms. The summed E-state index contributed by atoms with van der Waals surface area (Å²) in [6.45, 7) is 5.49. The number of sulfonamides is 1. The Hall–Kier alpha value is -1.34. The zero-order valence-electron chi connectivity index (χ0n) is 10.6. The molecular weight excluding hydrogens is 254 g/mol. The summed E-state index contributed by atoms with van der Waals surface area (Å²) in [4.78, 5) is 3.98. The van der Waals surface area contributed by atoms with Crippen molar-refractivity contribution in [1.29, 1.82) is 0 Å². The highest BCUT2D eigenvalue weighted by Gasteiger charge is 2.09. The Bertz CT molecular complexity index is 445. The molecule has 0 aliphatic rings. The fourth-order valence-corrected chi connectivity index (χ4v) is 2.28. The summed E-state index contributed by atoms with van der Waals surface area (Å²) in [7, 11) is -3.33. The van der Waals surface area contributed by atoms with Gasteiger partial charge in [-0.3, -0.25) is 4.72 Å². The number of pyridine rings is 1. The van der Waals surface area contributed by atoms with Gasteiger partial charge in [0, 0.05) is 12.6 Å². The lowest BCUT2D eigenvalue weighted by Gasteiger charge is -2.08. The number of hydrogen-bond acceptors (Lipinski definition) is 5. The quantitative estimate of drug-likeness (QED) is 0.686. The van der Waals surface area contributed by atoms with Crippen LogP contribution < -0.4 is 14.8 Å². The average Bonchev–Trinajstić information content (AvgIpc) is 2.32. The van der Waals surface area contributed by atoms with Gasteiger partial charge < -0.3 is 10.1 Å². The van der Waals surface area contributed by atoms with Gasteiger partial charge in [0.05, 0.1) is 24.2 Å². The van der Waals surface area contributed by atoms with Crippen molar-refractivity contribution < 1.29 is 13.2 Å².